The molecule has 1 heterocycles. The summed E-state index contributed by atoms with van der Waals surface area (Å²) in [6, 6.07) is 2.87. The van der Waals surface area contributed by atoms with Gasteiger partial charge in [-0.1, -0.05) is 15.9 Å². The molecule has 21 heavy (non-hydrogen) atoms. The molecule has 0 spiro atoms. The molecule has 0 bridgehead atoms. The summed E-state index contributed by atoms with van der Waals surface area (Å²) in [6.45, 7) is 2.75. The minimum Gasteiger partial charge on any atom is -0.376 e. The summed E-state index contributed by atoms with van der Waals surface area (Å²) in [5.41, 5.74) is 0.725. The predicted octanol–water partition coefficient (Wildman–Crippen LogP) is 1.31. The van der Waals surface area contributed by atoms with Crippen LogP contribution in [0.4, 0.5) is 0 Å². The van der Waals surface area contributed by atoms with Crippen LogP contribution in [0.25, 0.3) is 0 Å². The van der Waals surface area contributed by atoms with Crippen LogP contribution in [0.15, 0.2) is 21.5 Å². The van der Waals surface area contributed by atoms with E-state index >= 15 is 0 Å². The van der Waals surface area contributed by atoms with Crippen molar-refractivity contribution in [1.82, 2.24) is 5.32 Å². The van der Waals surface area contributed by atoms with Crippen molar-refractivity contribution in [3.05, 3.63) is 27.7 Å². The van der Waals surface area contributed by atoms with E-state index in [0.717, 1.165) is 12.8 Å². The summed E-state index contributed by atoms with van der Waals surface area (Å²) in [4.78, 5) is 12.1. The molecule has 1 aliphatic rings. The first kappa shape index (κ1) is 16.4. The van der Waals surface area contributed by atoms with E-state index in [4.69, 9.17) is 9.88 Å². The summed E-state index contributed by atoms with van der Waals surface area (Å²) in [5.74, 6) is -0.351. The van der Waals surface area contributed by atoms with E-state index < -0.39 is 10.0 Å². The number of hydrogen-bond donors (Lipinski definition) is 2. The van der Waals surface area contributed by atoms with Gasteiger partial charge in [0.05, 0.1) is 11.0 Å². The van der Waals surface area contributed by atoms with Crippen LogP contribution in [0.2, 0.25) is 0 Å². The fourth-order valence-corrected chi connectivity index (χ4v) is 3.61. The quantitative estimate of drug-likeness (QED) is 0.827. The number of ether oxygens (including phenoxy) is 1. The Hall–Kier alpha value is -0.960. The van der Waals surface area contributed by atoms with E-state index in [1.807, 2.05) is 0 Å². The van der Waals surface area contributed by atoms with Crippen LogP contribution in [-0.4, -0.2) is 33.6 Å². The smallest absolute Gasteiger partial charge is 0.251 e. The molecule has 0 radical (unpaired) electrons. The van der Waals surface area contributed by atoms with Crippen LogP contribution in [0.3, 0.4) is 0 Å². The maximum absolute atomic E-state index is 12.1. The number of carbonyl (C=O) groups excluding carboxylic acids is 1. The van der Waals surface area contributed by atoms with Gasteiger partial charge in [0.2, 0.25) is 10.0 Å². The Morgan fingerprint density at radius 2 is 2.24 bits per heavy atom. The third-order valence-corrected chi connectivity index (χ3v) is 5.24. The lowest BCUT2D eigenvalue weighted by atomic mass is 10.1. The van der Waals surface area contributed by atoms with Crippen molar-refractivity contribution in [2.75, 3.05) is 13.2 Å². The van der Waals surface area contributed by atoms with Gasteiger partial charge in [-0.3, -0.25) is 4.79 Å². The van der Waals surface area contributed by atoms with Crippen LogP contribution in [0.5, 0.6) is 0 Å². The Labute approximate surface area is 132 Å². The second-order valence-electron chi connectivity index (χ2n) is 4.97. The molecule has 8 heteroatoms. The second-order valence-corrected chi connectivity index (χ2v) is 7.36. The largest absolute Gasteiger partial charge is 0.376 e. The predicted molar refractivity (Wildman–Crippen MR) is 81.6 cm³/mol. The third-order valence-electron chi connectivity index (χ3n) is 3.38. The number of halogens is 1. The third kappa shape index (κ3) is 4.03. The standard InChI is InChI=1S/C13H17BrN2O4S/c1-8-11(14)5-9(6-12(8)21(15,18)19)13(17)16-7-10-3-2-4-20-10/h5-6,10H,2-4,7H2,1H3,(H,16,17)(H2,15,18,19). The van der Waals surface area contributed by atoms with Gasteiger partial charge in [-0.15, -0.1) is 0 Å². The van der Waals surface area contributed by atoms with Crippen molar-refractivity contribution < 1.29 is 17.9 Å². The van der Waals surface area contributed by atoms with Crippen molar-refractivity contribution in [2.24, 2.45) is 5.14 Å². The molecule has 0 aromatic heterocycles. The van der Waals surface area contributed by atoms with Crippen molar-refractivity contribution >= 4 is 31.9 Å². The summed E-state index contributed by atoms with van der Waals surface area (Å²) >= 11 is 3.25. The minimum absolute atomic E-state index is 0.0283. The van der Waals surface area contributed by atoms with Crippen LogP contribution in [-0.2, 0) is 14.8 Å². The normalized spacial score (nSPS) is 18.7. The fourth-order valence-electron chi connectivity index (χ4n) is 2.19. The number of benzene rings is 1. The Morgan fingerprint density at radius 3 is 2.81 bits per heavy atom. The van der Waals surface area contributed by atoms with Gasteiger partial charge in [-0.2, -0.15) is 0 Å². The van der Waals surface area contributed by atoms with Gasteiger partial charge >= 0.3 is 0 Å². The molecule has 3 N–H and O–H groups in total. The van der Waals surface area contributed by atoms with Crippen LogP contribution >= 0.6 is 15.9 Å². The van der Waals surface area contributed by atoms with Gasteiger partial charge in [0.1, 0.15) is 0 Å². The lowest BCUT2D eigenvalue weighted by Gasteiger charge is -2.13. The first-order chi connectivity index (χ1) is 9.79. The van der Waals surface area contributed by atoms with Crippen LogP contribution in [0.1, 0.15) is 28.8 Å². The van der Waals surface area contributed by atoms with Crippen molar-refractivity contribution in [3.63, 3.8) is 0 Å². The van der Waals surface area contributed by atoms with Gasteiger partial charge in [0.15, 0.2) is 0 Å². The van der Waals surface area contributed by atoms with Gasteiger partial charge in [0.25, 0.3) is 5.91 Å². The summed E-state index contributed by atoms with van der Waals surface area (Å²) in [6.07, 6.45) is 1.94. The van der Waals surface area contributed by atoms with E-state index in [9.17, 15) is 13.2 Å². The average molecular weight is 377 g/mol. The van der Waals surface area contributed by atoms with E-state index in [-0.39, 0.29) is 22.5 Å². The highest BCUT2D eigenvalue weighted by molar-refractivity contribution is 9.10. The molecule has 1 atom stereocenters. The zero-order chi connectivity index (χ0) is 15.6. The van der Waals surface area contributed by atoms with E-state index in [0.29, 0.717) is 23.2 Å². The molecule has 0 saturated carbocycles. The molecular weight excluding hydrogens is 360 g/mol. The molecule has 1 aromatic rings. The summed E-state index contributed by atoms with van der Waals surface area (Å²) < 4.78 is 29.1. The van der Waals surface area contributed by atoms with Gasteiger partial charge < -0.3 is 10.1 Å². The SMILES string of the molecule is Cc1c(Br)cc(C(=O)NCC2CCCO2)cc1S(N)(=O)=O. The molecule has 0 aliphatic carbocycles. The monoisotopic (exact) mass is 376 g/mol. The minimum atomic E-state index is -3.88. The molecule has 116 valence electrons. The number of nitrogens with one attached hydrogen (secondary N) is 1. The fraction of sp³-hybridized carbons (Fsp3) is 0.462. The number of rotatable bonds is 4. The van der Waals surface area contributed by atoms with Crippen LogP contribution < -0.4 is 10.5 Å². The molecule has 1 unspecified atom stereocenters. The highest BCUT2D eigenvalue weighted by Crippen LogP contribution is 2.25. The number of amides is 1. The molecule has 1 aromatic carbocycles. The Kier molecular flexibility index (Phi) is 5.03. The second kappa shape index (κ2) is 6.43. The number of carbonyl (C=O) groups is 1. The molecule has 1 fully saturated rings. The maximum Gasteiger partial charge on any atom is 0.251 e. The van der Waals surface area contributed by atoms with Crippen molar-refractivity contribution in [2.45, 2.75) is 30.8 Å². The van der Waals surface area contributed by atoms with Crippen molar-refractivity contribution in [1.29, 1.82) is 0 Å². The zero-order valence-corrected chi connectivity index (χ0v) is 14.0. The summed E-state index contributed by atoms with van der Waals surface area (Å²) in [5, 5.41) is 7.91. The summed E-state index contributed by atoms with van der Waals surface area (Å²) in [7, 11) is -3.88. The first-order valence-electron chi connectivity index (χ1n) is 6.52. The van der Waals surface area contributed by atoms with Gasteiger partial charge in [-0.25, -0.2) is 13.6 Å². The Bertz CT molecular complexity index is 654. The number of nitrogens with two attached hydrogens (primary N) is 1. The van der Waals surface area contributed by atoms with E-state index in [2.05, 4.69) is 21.2 Å². The van der Waals surface area contributed by atoms with E-state index in [1.54, 1.807) is 13.0 Å². The van der Waals surface area contributed by atoms with Gasteiger partial charge in [0, 0.05) is 23.2 Å². The van der Waals surface area contributed by atoms with Gasteiger partial charge in [-0.05, 0) is 37.5 Å². The first-order valence-corrected chi connectivity index (χ1v) is 8.85. The Balaban J connectivity index is 2.19. The molecule has 6 nitrogen and oxygen atoms in total. The zero-order valence-electron chi connectivity index (χ0n) is 11.6. The molecule has 2 rings (SSSR count). The number of sulfonamides is 1. The van der Waals surface area contributed by atoms with E-state index in [1.165, 1.54) is 6.07 Å². The molecular formula is C13H17BrN2O4S. The molecule has 1 aliphatic heterocycles. The lowest BCUT2D eigenvalue weighted by molar-refractivity contribution is 0.0857. The topological polar surface area (TPSA) is 98.5 Å². The highest BCUT2D eigenvalue weighted by atomic mass is 79.9. The van der Waals surface area contributed by atoms with Crippen molar-refractivity contribution in [3.8, 4) is 0 Å². The maximum atomic E-state index is 12.1. The number of hydrogen-bond acceptors (Lipinski definition) is 4. The molecule has 1 amide bonds. The highest BCUT2D eigenvalue weighted by Gasteiger charge is 2.20. The Morgan fingerprint density at radius 1 is 1.52 bits per heavy atom. The molecule has 1 saturated heterocycles. The number of primary sulfonamides is 1. The van der Waals surface area contributed by atoms with Crippen LogP contribution in [0, 0.1) is 6.92 Å². The average Bonchev–Trinajstić information content (AvgIpc) is 2.90. The lowest BCUT2D eigenvalue weighted by Crippen LogP contribution is -2.32.